The number of hydrogen-bond donors (Lipinski definition) is 1. The molecule has 6 nitrogen and oxygen atoms in total. The van der Waals surface area contributed by atoms with E-state index in [-0.39, 0.29) is 5.91 Å². The van der Waals surface area contributed by atoms with Gasteiger partial charge >= 0.3 is 0 Å². The number of rotatable bonds is 6. The first-order chi connectivity index (χ1) is 8.84. The summed E-state index contributed by atoms with van der Waals surface area (Å²) in [6, 6.07) is 9.64. The molecule has 1 N–H and O–H groups in total. The van der Waals surface area contributed by atoms with E-state index in [1.165, 1.54) is 6.33 Å². The average molecular weight is 246 g/mol. The molecule has 0 radical (unpaired) electrons. The Morgan fingerprint density at radius 3 is 2.89 bits per heavy atom. The number of carbonyl (C=O) groups excluding carboxylic acids is 1. The Hall–Kier alpha value is -2.21. The van der Waals surface area contributed by atoms with Gasteiger partial charge in [-0.2, -0.15) is 5.10 Å². The summed E-state index contributed by atoms with van der Waals surface area (Å²) in [5.41, 5.74) is 3.40. The van der Waals surface area contributed by atoms with Crippen LogP contribution in [0.4, 0.5) is 0 Å². The minimum absolute atomic E-state index is 0.179. The molecular weight excluding hydrogens is 232 g/mol. The molecule has 2 aromatic rings. The van der Waals surface area contributed by atoms with Gasteiger partial charge in [0, 0.05) is 6.42 Å². The quantitative estimate of drug-likeness (QED) is 0.769. The molecule has 0 fully saturated rings. The van der Waals surface area contributed by atoms with Crippen LogP contribution < -0.4 is 5.48 Å². The molecule has 18 heavy (non-hydrogen) atoms. The van der Waals surface area contributed by atoms with Crippen LogP contribution >= 0.6 is 0 Å². The van der Waals surface area contributed by atoms with Gasteiger partial charge in [0.2, 0.25) is 5.91 Å². The summed E-state index contributed by atoms with van der Waals surface area (Å²) in [5.74, 6) is -0.179. The maximum absolute atomic E-state index is 11.4. The van der Waals surface area contributed by atoms with E-state index in [4.69, 9.17) is 4.84 Å². The molecule has 0 aliphatic rings. The van der Waals surface area contributed by atoms with Gasteiger partial charge in [-0.3, -0.25) is 14.3 Å². The first-order valence-electron chi connectivity index (χ1n) is 5.61. The maximum atomic E-state index is 11.4. The molecule has 1 heterocycles. The maximum Gasteiger partial charge on any atom is 0.245 e. The van der Waals surface area contributed by atoms with Crippen LogP contribution in [0.3, 0.4) is 0 Å². The predicted molar refractivity (Wildman–Crippen MR) is 64.0 cm³/mol. The number of amides is 1. The van der Waals surface area contributed by atoms with Crippen molar-refractivity contribution in [3.63, 3.8) is 0 Å². The van der Waals surface area contributed by atoms with E-state index in [0.717, 1.165) is 5.56 Å². The Balaban J connectivity index is 1.63. The van der Waals surface area contributed by atoms with Crippen molar-refractivity contribution in [2.24, 2.45) is 0 Å². The van der Waals surface area contributed by atoms with Crippen LogP contribution in [0.5, 0.6) is 0 Å². The predicted octanol–water partition coefficient (Wildman–Crippen LogP) is 0.916. The monoisotopic (exact) mass is 246 g/mol. The Kier molecular flexibility index (Phi) is 4.43. The minimum Gasteiger partial charge on any atom is -0.273 e. The summed E-state index contributed by atoms with van der Waals surface area (Å²) >= 11 is 0. The van der Waals surface area contributed by atoms with Gasteiger partial charge in [-0.1, -0.05) is 30.3 Å². The van der Waals surface area contributed by atoms with Crippen LogP contribution in [0.25, 0.3) is 0 Å². The number of nitrogens with zero attached hydrogens (tertiary/aromatic N) is 3. The Labute approximate surface area is 105 Å². The smallest absolute Gasteiger partial charge is 0.245 e. The third-order valence-corrected chi connectivity index (χ3v) is 2.30. The lowest BCUT2D eigenvalue weighted by molar-refractivity contribution is -0.134. The van der Waals surface area contributed by atoms with E-state index in [9.17, 15) is 4.79 Å². The Bertz CT molecular complexity index is 470. The molecule has 0 bridgehead atoms. The molecule has 0 aliphatic carbocycles. The van der Waals surface area contributed by atoms with Crippen LogP contribution in [0.2, 0.25) is 0 Å². The normalized spacial score (nSPS) is 10.2. The van der Waals surface area contributed by atoms with Gasteiger partial charge in [-0.15, -0.1) is 0 Å². The van der Waals surface area contributed by atoms with Gasteiger partial charge in [0.25, 0.3) is 0 Å². The second-order valence-corrected chi connectivity index (χ2v) is 3.71. The van der Waals surface area contributed by atoms with E-state index < -0.39 is 0 Å². The van der Waals surface area contributed by atoms with Crippen molar-refractivity contribution >= 4 is 5.91 Å². The van der Waals surface area contributed by atoms with Crippen LogP contribution in [-0.2, 0) is 22.8 Å². The second kappa shape index (κ2) is 6.51. The second-order valence-electron chi connectivity index (χ2n) is 3.71. The van der Waals surface area contributed by atoms with Crippen molar-refractivity contribution in [1.82, 2.24) is 20.2 Å². The fourth-order valence-corrected chi connectivity index (χ4v) is 1.39. The molecule has 1 aromatic carbocycles. The zero-order chi connectivity index (χ0) is 12.6. The molecule has 0 spiro atoms. The number of aryl methyl sites for hydroxylation is 1. The highest BCUT2D eigenvalue weighted by Crippen LogP contribution is 1.99. The highest BCUT2D eigenvalue weighted by atomic mass is 16.6. The summed E-state index contributed by atoms with van der Waals surface area (Å²) < 4.78 is 1.59. The standard InChI is InChI=1S/C12H14N4O2/c17-12(6-7-16-10-13-9-14-16)15-18-8-11-4-2-1-3-5-11/h1-5,9-10H,6-8H2,(H,15,17). The summed E-state index contributed by atoms with van der Waals surface area (Å²) in [7, 11) is 0. The highest BCUT2D eigenvalue weighted by Gasteiger charge is 2.02. The fourth-order valence-electron chi connectivity index (χ4n) is 1.39. The van der Waals surface area contributed by atoms with Crippen molar-refractivity contribution in [2.45, 2.75) is 19.6 Å². The van der Waals surface area contributed by atoms with Crippen molar-refractivity contribution in [1.29, 1.82) is 0 Å². The van der Waals surface area contributed by atoms with E-state index in [1.807, 2.05) is 30.3 Å². The van der Waals surface area contributed by atoms with Crippen LogP contribution in [0.15, 0.2) is 43.0 Å². The van der Waals surface area contributed by atoms with Gasteiger partial charge < -0.3 is 0 Å². The molecule has 2 rings (SSSR count). The number of hydroxylamine groups is 1. The highest BCUT2D eigenvalue weighted by molar-refractivity contribution is 5.74. The van der Waals surface area contributed by atoms with Gasteiger partial charge in [-0.05, 0) is 5.56 Å². The Morgan fingerprint density at radius 2 is 2.17 bits per heavy atom. The number of benzene rings is 1. The van der Waals surface area contributed by atoms with E-state index in [0.29, 0.717) is 19.6 Å². The molecule has 0 saturated heterocycles. The third kappa shape index (κ3) is 3.99. The third-order valence-electron chi connectivity index (χ3n) is 2.30. The topological polar surface area (TPSA) is 69.0 Å². The van der Waals surface area contributed by atoms with E-state index in [2.05, 4.69) is 15.6 Å². The van der Waals surface area contributed by atoms with E-state index in [1.54, 1.807) is 11.0 Å². The number of aromatic nitrogens is 3. The lowest BCUT2D eigenvalue weighted by Gasteiger charge is -2.05. The van der Waals surface area contributed by atoms with Gasteiger partial charge in [0.05, 0.1) is 13.2 Å². The summed E-state index contributed by atoms with van der Waals surface area (Å²) in [4.78, 5) is 20.3. The number of hydrogen-bond acceptors (Lipinski definition) is 4. The molecule has 0 atom stereocenters. The summed E-state index contributed by atoms with van der Waals surface area (Å²) in [5, 5.41) is 3.90. The van der Waals surface area contributed by atoms with Crippen LogP contribution in [0.1, 0.15) is 12.0 Å². The molecule has 0 saturated carbocycles. The molecular formula is C12H14N4O2. The first kappa shape index (κ1) is 12.3. The molecule has 1 amide bonds. The van der Waals surface area contributed by atoms with Gasteiger partial charge in [0.15, 0.2) is 0 Å². The Morgan fingerprint density at radius 1 is 1.33 bits per heavy atom. The number of carbonyl (C=O) groups is 1. The lowest BCUT2D eigenvalue weighted by atomic mass is 10.2. The van der Waals surface area contributed by atoms with Crippen molar-refractivity contribution in [2.75, 3.05) is 0 Å². The van der Waals surface area contributed by atoms with Crippen molar-refractivity contribution in [3.8, 4) is 0 Å². The van der Waals surface area contributed by atoms with E-state index >= 15 is 0 Å². The molecule has 1 aromatic heterocycles. The zero-order valence-electron chi connectivity index (χ0n) is 9.82. The number of nitrogens with one attached hydrogen (secondary N) is 1. The molecule has 0 aliphatic heterocycles. The lowest BCUT2D eigenvalue weighted by Crippen LogP contribution is -2.24. The zero-order valence-corrected chi connectivity index (χ0v) is 9.82. The van der Waals surface area contributed by atoms with Gasteiger partial charge in [0.1, 0.15) is 12.7 Å². The molecule has 6 heteroatoms. The molecule has 0 unspecified atom stereocenters. The van der Waals surface area contributed by atoms with Crippen molar-refractivity contribution < 1.29 is 9.63 Å². The minimum atomic E-state index is -0.179. The summed E-state index contributed by atoms with van der Waals surface area (Å²) in [6.45, 7) is 0.844. The van der Waals surface area contributed by atoms with Crippen molar-refractivity contribution in [3.05, 3.63) is 48.5 Å². The van der Waals surface area contributed by atoms with Crippen LogP contribution in [0, 0.1) is 0 Å². The first-order valence-corrected chi connectivity index (χ1v) is 5.61. The SMILES string of the molecule is O=C(CCn1cncn1)NOCc1ccccc1. The largest absolute Gasteiger partial charge is 0.273 e. The average Bonchev–Trinajstić information content (AvgIpc) is 2.91. The van der Waals surface area contributed by atoms with Crippen LogP contribution in [-0.4, -0.2) is 20.7 Å². The summed E-state index contributed by atoms with van der Waals surface area (Å²) in [6.07, 6.45) is 3.31. The van der Waals surface area contributed by atoms with Gasteiger partial charge in [-0.25, -0.2) is 10.5 Å². The molecule has 94 valence electrons. The fraction of sp³-hybridized carbons (Fsp3) is 0.250.